The second-order valence-corrected chi connectivity index (χ2v) is 5.20. The zero-order valence-corrected chi connectivity index (χ0v) is 10.8. The van der Waals surface area contributed by atoms with Crippen molar-refractivity contribution >= 4 is 0 Å². The molecular formula is C14H22N2O. The maximum atomic E-state index is 9.82. The molecule has 0 amide bonds. The quantitative estimate of drug-likeness (QED) is 0.865. The van der Waals surface area contributed by atoms with Crippen LogP contribution in [-0.2, 0) is 6.54 Å². The van der Waals surface area contributed by atoms with Crippen molar-refractivity contribution in [3.05, 3.63) is 29.6 Å². The van der Waals surface area contributed by atoms with Gasteiger partial charge in [0.15, 0.2) is 0 Å². The number of rotatable bonds is 4. The van der Waals surface area contributed by atoms with Crippen LogP contribution in [0.3, 0.4) is 0 Å². The number of hydrogen-bond donors (Lipinski definition) is 1. The molecule has 2 atom stereocenters. The van der Waals surface area contributed by atoms with Crippen LogP contribution in [-0.4, -0.2) is 34.7 Å². The summed E-state index contributed by atoms with van der Waals surface area (Å²) in [5, 5.41) is 9.82. The smallest absolute Gasteiger partial charge is 0.0580 e. The normalized spacial score (nSPS) is 24.5. The lowest BCUT2D eigenvalue weighted by molar-refractivity contribution is 0.108. The van der Waals surface area contributed by atoms with Gasteiger partial charge in [-0.2, -0.15) is 0 Å². The highest BCUT2D eigenvalue weighted by Gasteiger charge is 2.26. The van der Waals surface area contributed by atoms with Crippen molar-refractivity contribution in [2.45, 2.75) is 38.8 Å². The Morgan fingerprint density at radius 2 is 2.29 bits per heavy atom. The second-order valence-electron chi connectivity index (χ2n) is 5.20. The van der Waals surface area contributed by atoms with E-state index in [2.05, 4.69) is 23.0 Å². The Morgan fingerprint density at radius 1 is 1.47 bits per heavy atom. The van der Waals surface area contributed by atoms with Crippen molar-refractivity contribution < 1.29 is 5.11 Å². The highest BCUT2D eigenvalue weighted by atomic mass is 16.3. The Kier molecular flexibility index (Phi) is 4.13. The first-order valence-corrected chi connectivity index (χ1v) is 6.44. The van der Waals surface area contributed by atoms with Gasteiger partial charge >= 0.3 is 0 Å². The minimum Gasteiger partial charge on any atom is -0.393 e. The third-order valence-corrected chi connectivity index (χ3v) is 3.72. The number of pyridine rings is 1. The first-order valence-electron chi connectivity index (χ1n) is 6.44. The number of aliphatic hydroxyl groups excluding tert-OH is 1. The topological polar surface area (TPSA) is 36.4 Å². The van der Waals surface area contributed by atoms with E-state index in [1.807, 2.05) is 19.2 Å². The molecule has 2 rings (SSSR count). The molecule has 1 heterocycles. The SMILES string of the molecule is Cc1ncccc1CN(C)CC1CCCC1O. The van der Waals surface area contributed by atoms with Crippen molar-refractivity contribution in [3.63, 3.8) is 0 Å². The molecular weight excluding hydrogens is 212 g/mol. The van der Waals surface area contributed by atoms with Crippen LogP contribution < -0.4 is 0 Å². The van der Waals surface area contributed by atoms with E-state index >= 15 is 0 Å². The first-order chi connectivity index (χ1) is 8.16. The molecule has 1 aliphatic carbocycles. The maximum Gasteiger partial charge on any atom is 0.0580 e. The van der Waals surface area contributed by atoms with Gasteiger partial charge in [-0.15, -0.1) is 0 Å². The van der Waals surface area contributed by atoms with E-state index in [0.717, 1.165) is 31.6 Å². The van der Waals surface area contributed by atoms with E-state index in [1.165, 1.54) is 12.0 Å². The predicted molar refractivity (Wildman–Crippen MR) is 68.7 cm³/mol. The van der Waals surface area contributed by atoms with Crippen LogP contribution in [0.4, 0.5) is 0 Å². The van der Waals surface area contributed by atoms with Crippen LogP contribution in [0.15, 0.2) is 18.3 Å². The molecule has 1 aromatic heterocycles. The Morgan fingerprint density at radius 3 is 2.94 bits per heavy atom. The van der Waals surface area contributed by atoms with Crippen LogP contribution in [0.1, 0.15) is 30.5 Å². The lowest BCUT2D eigenvalue weighted by Gasteiger charge is -2.23. The van der Waals surface area contributed by atoms with Crippen molar-refractivity contribution in [3.8, 4) is 0 Å². The molecule has 1 aliphatic rings. The van der Waals surface area contributed by atoms with E-state index in [9.17, 15) is 5.11 Å². The summed E-state index contributed by atoms with van der Waals surface area (Å²) in [6, 6.07) is 4.12. The Hall–Kier alpha value is -0.930. The van der Waals surface area contributed by atoms with Crippen molar-refractivity contribution in [1.82, 2.24) is 9.88 Å². The van der Waals surface area contributed by atoms with Crippen LogP contribution in [0.2, 0.25) is 0 Å². The highest BCUT2D eigenvalue weighted by molar-refractivity contribution is 5.17. The summed E-state index contributed by atoms with van der Waals surface area (Å²) in [4.78, 5) is 6.60. The van der Waals surface area contributed by atoms with Gasteiger partial charge in [0.2, 0.25) is 0 Å². The van der Waals surface area contributed by atoms with E-state index in [-0.39, 0.29) is 6.10 Å². The molecule has 1 aromatic rings. The molecule has 0 radical (unpaired) electrons. The van der Waals surface area contributed by atoms with E-state index < -0.39 is 0 Å². The summed E-state index contributed by atoms with van der Waals surface area (Å²) >= 11 is 0. The van der Waals surface area contributed by atoms with E-state index in [4.69, 9.17) is 0 Å². The molecule has 0 spiro atoms. The molecule has 0 bridgehead atoms. The van der Waals surface area contributed by atoms with Crippen molar-refractivity contribution in [2.75, 3.05) is 13.6 Å². The van der Waals surface area contributed by atoms with Gasteiger partial charge in [-0.1, -0.05) is 12.5 Å². The molecule has 94 valence electrons. The fourth-order valence-corrected chi connectivity index (χ4v) is 2.67. The Labute approximate surface area is 103 Å². The van der Waals surface area contributed by atoms with Gasteiger partial charge in [-0.3, -0.25) is 4.98 Å². The van der Waals surface area contributed by atoms with Crippen LogP contribution in [0.5, 0.6) is 0 Å². The van der Waals surface area contributed by atoms with Gasteiger partial charge in [0, 0.05) is 25.0 Å². The number of aryl methyl sites for hydroxylation is 1. The number of nitrogens with zero attached hydrogens (tertiary/aromatic N) is 2. The molecule has 17 heavy (non-hydrogen) atoms. The summed E-state index contributed by atoms with van der Waals surface area (Å²) in [5.74, 6) is 0.456. The largest absolute Gasteiger partial charge is 0.393 e. The standard InChI is InChI=1S/C14H22N2O/c1-11-12(6-4-8-15-11)9-16(2)10-13-5-3-7-14(13)17/h4,6,8,13-14,17H,3,5,7,9-10H2,1-2H3. The van der Waals surface area contributed by atoms with Gasteiger partial charge in [0.25, 0.3) is 0 Å². The number of aliphatic hydroxyl groups is 1. The average molecular weight is 234 g/mol. The summed E-state index contributed by atoms with van der Waals surface area (Å²) in [5.41, 5.74) is 2.38. The molecule has 1 saturated carbocycles. The van der Waals surface area contributed by atoms with Gasteiger partial charge < -0.3 is 10.0 Å². The van der Waals surface area contributed by atoms with Crippen molar-refractivity contribution in [1.29, 1.82) is 0 Å². The highest BCUT2D eigenvalue weighted by Crippen LogP contribution is 2.26. The predicted octanol–water partition coefficient (Wildman–Crippen LogP) is 1.98. The molecule has 2 unspecified atom stereocenters. The average Bonchev–Trinajstić information content (AvgIpc) is 2.68. The van der Waals surface area contributed by atoms with Crippen LogP contribution in [0.25, 0.3) is 0 Å². The van der Waals surface area contributed by atoms with E-state index in [0.29, 0.717) is 5.92 Å². The molecule has 1 N–H and O–H groups in total. The molecule has 0 aliphatic heterocycles. The molecule has 0 saturated heterocycles. The lowest BCUT2D eigenvalue weighted by Crippen LogP contribution is -2.29. The van der Waals surface area contributed by atoms with E-state index in [1.54, 1.807) is 0 Å². The minimum atomic E-state index is -0.0903. The minimum absolute atomic E-state index is 0.0903. The van der Waals surface area contributed by atoms with Crippen LogP contribution >= 0.6 is 0 Å². The van der Waals surface area contributed by atoms with Crippen LogP contribution in [0, 0.1) is 12.8 Å². The van der Waals surface area contributed by atoms with Gasteiger partial charge in [-0.05, 0) is 44.4 Å². The molecule has 3 heteroatoms. The molecule has 3 nitrogen and oxygen atoms in total. The summed E-state index contributed by atoms with van der Waals surface area (Å²) in [6.07, 6.45) is 5.06. The fourth-order valence-electron chi connectivity index (χ4n) is 2.67. The summed E-state index contributed by atoms with van der Waals surface area (Å²) < 4.78 is 0. The maximum absolute atomic E-state index is 9.82. The second kappa shape index (κ2) is 5.61. The lowest BCUT2D eigenvalue weighted by atomic mass is 10.1. The zero-order chi connectivity index (χ0) is 12.3. The third-order valence-electron chi connectivity index (χ3n) is 3.72. The fraction of sp³-hybridized carbons (Fsp3) is 0.643. The Bertz CT molecular complexity index is 367. The zero-order valence-electron chi connectivity index (χ0n) is 10.8. The third kappa shape index (κ3) is 3.27. The molecule has 1 fully saturated rings. The molecule has 0 aromatic carbocycles. The summed E-state index contributed by atoms with van der Waals surface area (Å²) in [6.45, 7) is 3.95. The summed E-state index contributed by atoms with van der Waals surface area (Å²) in [7, 11) is 2.12. The monoisotopic (exact) mass is 234 g/mol. The number of aromatic nitrogens is 1. The van der Waals surface area contributed by atoms with Gasteiger partial charge in [-0.25, -0.2) is 0 Å². The van der Waals surface area contributed by atoms with Crippen molar-refractivity contribution in [2.24, 2.45) is 5.92 Å². The number of hydrogen-bond acceptors (Lipinski definition) is 3. The van der Waals surface area contributed by atoms with Gasteiger partial charge in [0.05, 0.1) is 6.10 Å². The van der Waals surface area contributed by atoms with Gasteiger partial charge in [0.1, 0.15) is 0 Å². The first kappa shape index (κ1) is 12.5. The Balaban J connectivity index is 1.89.